The lowest BCUT2D eigenvalue weighted by molar-refractivity contribution is 0.0180. The van der Waals surface area contributed by atoms with Crippen LogP contribution in [-0.4, -0.2) is 7.11 Å². The molecule has 0 spiro atoms. The van der Waals surface area contributed by atoms with Crippen LogP contribution in [-0.2, 0) is 10.3 Å². The molecule has 1 aromatic carbocycles. The number of hydrogen-bond donors (Lipinski definition) is 0. The van der Waals surface area contributed by atoms with E-state index in [2.05, 4.69) is 13.8 Å². The predicted octanol–water partition coefficient (Wildman–Crippen LogP) is 3.83. The highest BCUT2D eigenvalue weighted by Crippen LogP contribution is 2.31. The van der Waals surface area contributed by atoms with Gasteiger partial charge in [-0.1, -0.05) is 19.9 Å². The quantitative estimate of drug-likeness (QED) is 0.736. The van der Waals surface area contributed by atoms with Crippen molar-refractivity contribution in [2.75, 3.05) is 7.11 Å². The van der Waals surface area contributed by atoms with E-state index >= 15 is 0 Å². The third-order valence-electron chi connectivity index (χ3n) is 2.80. The SMILES string of the molecule is COC(C)(C)c1cc(F)ccc1C(C)C. The first kappa shape index (κ1) is 12.2. The number of hydrogen-bond acceptors (Lipinski definition) is 1. The number of rotatable bonds is 3. The van der Waals surface area contributed by atoms with E-state index in [-0.39, 0.29) is 5.82 Å². The van der Waals surface area contributed by atoms with Crippen LogP contribution in [0.25, 0.3) is 0 Å². The summed E-state index contributed by atoms with van der Waals surface area (Å²) in [6, 6.07) is 4.92. The van der Waals surface area contributed by atoms with Crippen LogP contribution >= 0.6 is 0 Å². The average Bonchev–Trinajstić information content (AvgIpc) is 2.17. The van der Waals surface area contributed by atoms with Gasteiger partial charge >= 0.3 is 0 Å². The third kappa shape index (κ3) is 2.57. The zero-order valence-corrected chi connectivity index (χ0v) is 10.1. The van der Waals surface area contributed by atoms with E-state index in [9.17, 15) is 4.39 Å². The molecule has 0 atom stereocenters. The maximum absolute atomic E-state index is 13.2. The maximum atomic E-state index is 13.2. The third-order valence-corrected chi connectivity index (χ3v) is 2.80. The van der Waals surface area contributed by atoms with E-state index in [0.29, 0.717) is 5.92 Å². The van der Waals surface area contributed by atoms with Crippen molar-refractivity contribution in [3.05, 3.63) is 35.1 Å². The van der Waals surface area contributed by atoms with E-state index in [4.69, 9.17) is 4.74 Å². The highest BCUT2D eigenvalue weighted by Gasteiger charge is 2.24. The number of halogens is 1. The molecule has 1 rings (SSSR count). The molecule has 0 aromatic heterocycles. The van der Waals surface area contributed by atoms with Gasteiger partial charge in [0.2, 0.25) is 0 Å². The maximum Gasteiger partial charge on any atom is 0.123 e. The van der Waals surface area contributed by atoms with Crippen LogP contribution in [0.15, 0.2) is 18.2 Å². The molecule has 2 heteroatoms. The van der Waals surface area contributed by atoms with Gasteiger partial charge in [-0.25, -0.2) is 4.39 Å². The Balaban J connectivity index is 3.30. The molecule has 0 aliphatic rings. The van der Waals surface area contributed by atoms with Gasteiger partial charge in [-0.3, -0.25) is 0 Å². The van der Waals surface area contributed by atoms with Gasteiger partial charge in [-0.15, -0.1) is 0 Å². The molecule has 0 saturated heterocycles. The van der Waals surface area contributed by atoms with E-state index in [1.54, 1.807) is 13.2 Å². The Kier molecular flexibility index (Phi) is 3.50. The monoisotopic (exact) mass is 210 g/mol. The van der Waals surface area contributed by atoms with Gasteiger partial charge in [0.15, 0.2) is 0 Å². The number of ether oxygens (including phenoxy) is 1. The van der Waals surface area contributed by atoms with E-state index < -0.39 is 5.60 Å². The molecule has 0 N–H and O–H groups in total. The second-order valence-corrected chi connectivity index (χ2v) is 4.60. The molecule has 0 heterocycles. The van der Waals surface area contributed by atoms with Crippen LogP contribution < -0.4 is 0 Å². The van der Waals surface area contributed by atoms with Crippen LogP contribution in [0, 0.1) is 5.82 Å². The predicted molar refractivity (Wildman–Crippen MR) is 60.5 cm³/mol. The first-order chi connectivity index (χ1) is 6.88. The summed E-state index contributed by atoms with van der Waals surface area (Å²) in [5.74, 6) is 0.162. The van der Waals surface area contributed by atoms with Crippen molar-refractivity contribution >= 4 is 0 Å². The molecule has 0 aliphatic carbocycles. The first-order valence-electron chi connectivity index (χ1n) is 5.23. The minimum Gasteiger partial charge on any atom is -0.374 e. The van der Waals surface area contributed by atoms with Crippen LogP contribution in [0.1, 0.15) is 44.7 Å². The Labute approximate surface area is 91.3 Å². The van der Waals surface area contributed by atoms with Crippen LogP contribution in [0.5, 0.6) is 0 Å². The van der Waals surface area contributed by atoms with Gasteiger partial charge in [0.1, 0.15) is 5.82 Å². The van der Waals surface area contributed by atoms with E-state index in [1.807, 2.05) is 19.9 Å². The number of methoxy groups -OCH3 is 1. The lowest BCUT2D eigenvalue weighted by Crippen LogP contribution is -2.22. The highest BCUT2D eigenvalue weighted by molar-refractivity contribution is 5.34. The van der Waals surface area contributed by atoms with Crippen LogP contribution in [0.4, 0.5) is 4.39 Å². The second kappa shape index (κ2) is 4.31. The van der Waals surface area contributed by atoms with Crippen molar-refractivity contribution in [1.29, 1.82) is 0 Å². The standard InChI is InChI=1S/C13H19FO/c1-9(2)11-7-6-10(14)8-12(11)13(3,4)15-5/h6-9H,1-5H3. The average molecular weight is 210 g/mol. The van der Waals surface area contributed by atoms with Crippen LogP contribution in [0.3, 0.4) is 0 Å². The molecule has 0 bridgehead atoms. The summed E-state index contributed by atoms with van der Waals surface area (Å²) < 4.78 is 18.6. The zero-order valence-electron chi connectivity index (χ0n) is 10.1. The Morgan fingerprint density at radius 3 is 2.33 bits per heavy atom. The Bertz CT molecular complexity index is 342. The Morgan fingerprint density at radius 1 is 1.27 bits per heavy atom. The molecule has 0 unspecified atom stereocenters. The Morgan fingerprint density at radius 2 is 1.87 bits per heavy atom. The van der Waals surface area contributed by atoms with Gasteiger partial charge in [0.25, 0.3) is 0 Å². The molecule has 15 heavy (non-hydrogen) atoms. The second-order valence-electron chi connectivity index (χ2n) is 4.60. The molecule has 84 valence electrons. The van der Waals surface area contributed by atoms with Gasteiger partial charge in [-0.05, 0) is 43.0 Å². The van der Waals surface area contributed by atoms with Crippen molar-refractivity contribution in [3.63, 3.8) is 0 Å². The minimum absolute atomic E-state index is 0.209. The fourth-order valence-corrected chi connectivity index (χ4v) is 1.66. The first-order valence-corrected chi connectivity index (χ1v) is 5.23. The van der Waals surface area contributed by atoms with Gasteiger partial charge < -0.3 is 4.74 Å². The lowest BCUT2D eigenvalue weighted by atomic mass is 9.87. The number of benzene rings is 1. The summed E-state index contributed by atoms with van der Waals surface area (Å²) in [7, 11) is 1.65. The molecule has 0 radical (unpaired) electrons. The molecule has 0 fully saturated rings. The van der Waals surface area contributed by atoms with Crippen molar-refractivity contribution in [2.24, 2.45) is 0 Å². The highest BCUT2D eigenvalue weighted by atomic mass is 19.1. The van der Waals surface area contributed by atoms with E-state index in [1.165, 1.54) is 6.07 Å². The molecule has 0 saturated carbocycles. The van der Waals surface area contributed by atoms with Crippen molar-refractivity contribution in [3.8, 4) is 0 Å². The summed E-state index contributed by atoms with van der Waals surface area (Å²) in [6.07, 6.45) is 0. The van der Waals surface area contributed by atoms with Gasteiger partial charge in [0.05, 0.1) is 5.60 Å². The Hall–Kier alpha value is -0.890. The van der Waals surface area contributed by atoms with Crippen molar-refractivity contribution in [2.45, 2.75) is 39.2 Å². The van der Waals surface area contributed by atoms with Crippen LogP contribution in [0.2, 0.25) is 0 Å². The minimum atomic E-state index is -0.443. The summed E-state index contributed by atoms with van der Waals surface area (Å²) >= 11 is 0. The van der Waals surface area contributed by atoms with E-state index in [0.717, 1.165) is 11.1 Å². The van der Waals surface area contributed by atoms with Crippen molar-refractivity contribution < 1.29 is 9.13 Å². The van der Waals surface area contributed by atoms with Crippen molar-refractivity contribution in [1.82, 2.24) is 0 Å². The topological polar surface area (TPSA) is 9.23 Å². The summed E-state index contributed by atoms with van der Waals surface area (Å²) in [4.78, 5) is 0. The zero-order chi connectivity index (χ0) is 11.6. The molecular formula is C13H19FO. The summed E-state index contributed by atoms with van der Waals surface area (Å²) in [5, 5.41) is 0. The largest absolute Gasteiger partial charge is 0.374 e. The fourth-order valence-electron chi connectivity index (χ4n) is 1.66. The fraction of sp³-hybridized carbons (Fsp3) is 0.538. The summed E-state index contributed by atoms with van der Waals surface area (Å²) in [6.45, 7) is 8.10. The summed E-state index contributed by atoms with van der Waals surface area (Å²) in [5.41, 5.74) is 1.63. The lowest BCUT2D eigenvalue weighted by Gasteiger charge is -2.27. The van der Waals surface area contributed by atoms with Gasteiger partial charge in [0, 0.05) is 7.11 Å². The normalized spacial score (nSPS) is 12.2. The molecule has 0 amide bonds. The smallest absolute Gasteiger partial charge is 0.123 e. The molecular weight excluding hydrogens is 191 g/mol. The van der Waals surface area contributed by atoms with Gasteiger partial charge in [-0.2, -0.15) is 0 Å². The molecule has 0 aliphatic heterocycles. The molecule has 1 aromatic rings. The molecule has 1 nitrogen and oxygen atoms in total.